The summed E-state index contributed by atoms with van der Waals surface area (Å²) < 4.78 is 0. The van der Waals surface area contributed by atoms with Crippen molar-refractivity contribution in [3.63, 3.8) is 0 Å². The number of piperidine rings is 1. The Bertz CT molecular complexity index is 629. The van der Waals surface area contributed by atoms with Gasteiger partial charge in [-0.05, 0) is 37.8 Å². The van der Waals surface area contributed by atoms with E-state index in [9.17, 15) is 9.59 Å². The lowest BCUT2D eigenvalue weighted by atomic mass is 10.0. The Kier molecular flexibility index (Phi) is 7.71. The van der Waals surface area contributed by atoms with Crippen LogP contribution in [0.1, 0.15) is 51.0 Å². The van der Waals surface area contributed by atoms with Crippen molar-refractivity contribution < 1.29 is 9.59 Å². The van der Waals surface area contributed by atoms with Crippen LogP contribution in [0.25, 0.3) is 0 Å². The van der Waals surface area contributed by atoms with Crippen LogP contribution in [0, 0.1) is 0 Å². The van der Waals surface area contributed by atoms with E-state index in [1.165, 1.54) is 24.8 Å². The van der Waals surface area contributed by atoms with Gasteiger partial charge in [0.15, 0.2) is 0 Å². The quantitative estimate of drug-likeness (QED) is 0.836. The fourth-order valence-electron chi connectivity index (χ4n) is 4.28. The van der Waals surface area contributed by atoms with E-state index >= 15 is 0 Å². The first kappa shape index (κ1) is 20.6. The third kappa shape index (κ3) is 6.51. The molecule has 1 atom stereocenters. The van der Waals surface area contributed by atoms with Gasteiger partial charge in [0.25, 0.3) is 0 Å². The van der Waals surface area contributed by atoms with Crippen LogP contribution in [0.4, 0.5) is 4.79 Å². The molecule has 2 aliphatic heterocycles. The molecule has 0 aliphatic carbocycles. The molecule has 2 heterocycles. The Morgan fingerprint density at radius 2 is 1.68 bits per heavy atom. The Balaban J connectivity index is 1.50. The monoisotopic (exact) mass is 386 g/mol. The molecule has 1 aromatic carbocycles. The highest BCUT2D eigenvalue weighted by Gasteiger charge is 2.26. The lowest BCUT2D eigenvalue weighted by Gasteiger charge is -2.35. The van der Waals surface area contributed by atoms with Crippen molar-refractivity contribution in [3.05, 3.63) is 35.9 Å². The van der Waals surface area contributed by atoms with Gasteiger partial charge in [-0.2, -0.15) is 0 Å². The predicted octanol–water partition coefficient (Wildman–Crippen LogP) is 2.74. The smallest absolute Gasteiger partial charge is 0.317 e. The first-order valence-corrected chi connectivity index (χ1v) is 10.7. The van der Waals surface area contributed by atoms with Crippen LogP contribution in [0.2, 0.25) is 0 Å². The molecule has 2 N–H and O–H groups in total. The van der Waals surface area contributed by atoms with Gasteiger partial charge in [-0.25, -0.2) is 4.79 Å². The number of rotatable bonds is 4. The van der Waals surface area contributed by atoms with Gasteiger partial charge in [0.05, 0.1) is 0 Å². The van der Waals surface area contributed by atoms with Crippen molar-refractivity contribution >= 4 is 11.9 Å². The molecule has 0 saturated carbocycles. The van der Waals surface area contributed by atoms with E-state index in [0.717, 1.165) is 38.9 Å². The third-order valence-corrected chi connectivity index (χ3v) is 5.77. The van der Waals surface area contributed by atoms with Crippen LogP contribution in [0.15, 0.2) is 30.3 Å². The van der Waals surface area contributed by atoms with Gasteiger partial charge in [0, 0.05) is 45.2 Å². The zero-order valence-electron chi connectivity index (χ0n) is 17.0. The number of urea groups is 1. The molecule has 3 rings (SSSR count). The third-order valence-electron chi connectivity index (χ3n) is 5.77. The summed E-state index contributed by atoms with van der Waals surface area (Å²) in [6.45, 7) is 5.89. The molecule has 3 amide bonds. The molecule has 2 aliphatic rings. The maximum atomic E-state index is 12.8. The molecule has 6 heteroatoms. The van der Waals surface area contributed by atoms with E-state index in [-0.39, 0.29) is 24.0 Å². The average Bonchev–Trinajstić information content (AvgIpc) is 2.66. The number of benzene rings is 1. The van der Waals surface area contributed by atoms with Crippen molar-refractivity contribution in [2.24, 2.45) is 0 Å². The second-order valence-corrected chi connectivity index (χ2v) is 8.18. The van der Waals surface area contributed by atoms with Gasteiger partial charge in [-0.15, -0.1) is 0 Å². The van der Waals surface area contributed by atoms with Crippen LogP contribution in [-0.2, 0) is 11.3 Å². The van der Waals surface area contributed by atoms with Crippen LogP contribution >= 0.6 is 0 Å². The second kappa shape index (κ2) is 10.5. The number of carbonyl (C=O) groups excluding carboxylic acids is 2. The number of likely N-dealkylation sites (tertiary alicyclic amines) is 2. The maximum absolute atomic E-state index is 12.8. The van der Waals surface area contributed by atoms with E-state index in [0.29, 0.717) is 13.1 Å². The van der Waals surface area contributed by atoms with Gasteiger partial charge in [-0.3, -0.25) is 9.69 Å². The highest BCUT2D eigenvalue weighted by molar-refractivity contribution is 5.75. The van der Waals surface area contributed by atoms with E-state index in [2.05, 4.69) is 45.9 Å². The maximum Gasteiger partial charge on any atom is 0.317 e. The van der Waals surface area contributed by atoms with Crippen LogP contribution in [0.3, 0.4) is 0 Å². The van der Waals surface area contributed by atoms with E-state index < -0.39 is 0 Å². The van der Waals surface area contributed by atoms with E-state index in [1.54, 1.807) is 6.92 Å². The standard InChI is InChI=1S/C22H34N4O2/c1-18(27)23-20-11-14-26(15-12-20)22(28)24-21-10-6-3-7-13-25(17-21)16-19-8-4-2-5-9-19/h2,4-5,8-9,20-21H,3,6-7,10-17H2,1H3,(H,23,27)(H,24,28). The summed E-state index contributed by atoms with van der Waals surface area (Å²) >= 11 is 0. The van der Waals surface area contributed by atoms with Crippen molar-refractivity contribution in [3.8, 4) is 0 Å². The van der Waals surface area contributed by atoms with Crippen molar-refractivity contribution in [1.29, 1.82) is 0 Å². The average molecular weight is 387 g/mol. The number of carbonyl (C=O) groups is 2. The van der Waals surface area contributed by atoms with Crippen molar-refractivity contribution in [2.75, 3.05) is 26.2 Å². The van der Waals surface area contributed by atoms with Crippen LogP contribution in [-0.4, -0.2) is 60.0 Å². The summed E-state index contributed by atoms with van der Waals surface area (Å²) in [4.78, 5) is 28.3. The minimum Gasteiger partial charge on any atom is -0.353 e. The van der Waals surface area contributed by atoms with Gasteiger partial charge in [0.1, 0.15) is 0 Å². The molecule has 0 bridgehead atoms. The Labute approximate surface area is 168 Å². The van der Waals surface area contributed by atoms with Crippen LogP contribution < -0.4 is 10.6 Å². The van der Waals surface area contributed by atoms with E-state index in [4.69, 9.17) is 0 Å². The molecule has 1 aromatic rings. The summed E-state index contributed by atoms with van der Waals surface area (Å²) in [5.41, 5.74) is 1.33. The summed E-state index contributed by atoms with van der Waals surface area (Å²) in [5.74, 6) is 0.0101. The molecule has 154 valence electrons. The summed E-state index contributed by atoms with van der Waals surface area (Å²) in [6, 6.07) is 11.0. The molecule has 2 fully saturated rings. The van der Waals surface area contributed by atoms with Crippen molar-refractivity contribution in [1.82, 2.24) is 20.4 Å². The number of hydrogen-bond acceptors (Lipinski definition) is 3. The summed E-state index contributed by atoms with van der Waals surface area (Å²) in [5, 5.41) is 6.25. The Hall–Kier alpha value is -2.08. The highest BCUT2D eigenvalue weighted by atomic mass is 16.2. The highest BCUT2D eigenvalue weighted by Crippen LogP contribution is 2.16. The minimum atomic E-state index is 0.0101. The molecule has 2 saturated heterocycles. The Morgan fingerprint density at radius 3 is 2.39 bits per heavy atom. The molecule has 0 radical (unpaired) electrons. The Morgan fingerprint density at radius 1 is 0.929 bits per heavy atom. The molecule has 28 heavy (non-hydrogen) atoms. The van der Waals surface area contributed by atoms with Gasteiger partial charge < -0.3 is 15.5 Å². The van der Waals surface area contributed by atoms with Gasteiger partial charge >= 0.3 is 6.03 Å². The first-order valence-electron chi connectivity index (χ1n) is 10.7. The lowest BCUT2D eigenvalue weighted by molar-refractivity contribution is -0.119. The number of nitrogens with zero attached hydrogens (tertiary/aromatic N) is 2. The van der Waals surface area contributed by atoms with Crippen molar-refractivity contribution in [2.45, 2.75) is 64.1 Å². The lowest BCUT2D eigenvalue weighted by Crippen LogP contribution is -2.53. The number of nitrogens with one attached hydrogen (secondary N) is 2. The minimum absolute atomic E-state index is 0.0101. The van der Waals surface area contributed by atoms with E-state index in [1.807, 2.05) is 4.90 Å². The molecular weight excluding hydrogens is 352 g/mol. The summed E-state index contributed by atoms with van der Waals surface area (Å²) in [6.07, 6.45) is 6.33. The fraction of sp³-hybridized carbons (Fsp3) is 0.636. The predicted molar refractivity (Wildman–Crippen MR) is 111 cm³/mol. The molecule has 6 nitrogen and oxygen atoms in total. The van der Waals surface area contributed by atoms with Crippen LogP contribution in [0.5, 0.6) is 0 Å². The second-order valence-electron chi connectivity index (χ2n) is 8.18. The number of hydrogen-bond donors (Lipinski definition) is 2. The molecular formula is C22H34N4O2. The SMILES string of the molecule is CC(=O)NC1CCN(C(=O)NC2CCCCCN(Cc3ccccc3)C2)CC1. The molecule has 1 unspecified atom stereocenters. The summed E-state index contributed by atoms with van der Waals surface area (Å²) in [7, 11) is 0. The normalized spacial score (nSPS) is 22.2. The zero-order chi connectivity index (χ0) is 19.8. The largest absolute Gasteiger partial charge is 0.353 e. The molecule has 0 spiro atoms. The zero-order valence-corrected chi connectivity index (χ0v) is 17.0. The first-order chi connectivity index (χ1) is 13.6. The topological polar surface area (TPSA) is 64.7 Å². The number of amides is 3. The van der Waals surface area contributed by atoms with Gasteiger partial charge in [-0.1, -0.05) is 43.2 Å². The molecule has 0 aromatic heterocycles. The van der Waals surface area contributed by atoms with Gasteiger partial charge in [0.2, 0.25) is 5.91 Å². The fourth-order valence-corrected chi connectivity index (χ4v) is 4.28.